The van der Waals surface area contributed by atoms with E-state index in [1.54, 1.807) is 0 Å². The predicted molar refractivity (Wildman–Crippen MR) is 75.7 cm³/mol. The summed E-state index contributed by atoms with van der Waals surface area (Å²) >= 11 is 0. The SMILES string of the molecule is CC(C)C1CC(CN)(c2ccc3c(c2)OCCO3)C1. The van der Waals surface area contributed by atoms with E-state index in [2.05, 4.69) is 26.0 Å². The molecule has 2 aliphatic rings. The van der Waals surface area contributed by atoms with Crippen molar-refractivity contribution >= 4 is 0 Å². The summed E-state index contributed by atoms with van der Waals surface area (Å²) in [7, 11) is 0. The van der Waals surface area contributed by atoms with Crippen LogP contribution in [0.5, 0.6) is 11.5 Å². The maximum atomic E-state index is 6.07. The van der Waals surface area contributed by atoms with Gasteiger partial charge in [-0.1, -0.05) is 19.9 Å². The lowest BCUT2D eigenvalue weighted by Gasteiger charge is -2.49. The first-order chi connectivity index (χ1) is 9.14. The van der Waals surface area contributed by atoms with Crippen molar-refractivity contribution in [2.24, 2.45) is 17.6 Å². The third kappa shape index (κ3) is 2.10. The van der Waals surface area contributed by atoms with Gasteiger partial charge >= 0.3 is 0 Å². The minimum absolute atomic E-state index is 0.158. The number of hydrogen-bond donors (Lipinski definition) is 1. The summed E-state index contributed by atoms with van der Waals surface area (Å²) in [5, 5.41) is 0. The molecule has 2 N–H and O–H groups in total. The summed E-state index contributed by atoms with van der Waals surface area (Å²) in [5.41, 5.74) is 7.54. The van der Waals surface area contributed by atoms with Crippen molar-refractivity contribution in [2.75, 3.05) is 19.8 Å². The van der Waals surface area contributed by atoms with E-state index in [-0.39, 0.29) is 5.41 Å². The molecule has 1 heterocycles. The summed E-state index contributed by atoms with van der Waals surface area (Å²) in [4.78, 5) is 0. The zero-order chi connectivity index (χ0) is 13.5. The van der Waals surface area contributed by atoms with Crippen LogP contribution in [0.2, 0.25) is 0 Å². The molecule has 0 amide bonds. The van der Waals surface area contributed by atoms with Gasteiger partial charge in [0.25, 0.3) is 0 Å². The lowest BCUT2D eigenvalue weighted by molar-refractivity contribution is 0.105. The molecular weight excluding hydrogens is 238 g/mol. The Kier molecular flexibility index (Phi) is 3.17. The van der Waals surface area contributed by atoms with Crippen LogP contribution in [0.15, 0.2) is 18.2 Å². The second kappa shape index (κ2) is 4.71. The molecule has 1 fully saturated rings. The van der Waals surface area contributed by atoms with Gasteiger partial charge in [0.1, 0.15) is 13.2 Å². The van der Waals surface area contributed by atoms with Gasteiger partial charge in [-0.25, -0.2) is 0 Å². The molecule has 0 atom stereocenters. The Morgan fingerprint density at radius 2 is 1.89 bits per heavy atom. The maximum absolute atomic E-state index is 6.07. The molecule has 19 heavy (non-hydrogen) atoms. The van der Waals surface area contributed by atoms with Crippen LogP contribution in [0.3, 0.4) is 0 Å². The van der Waals surface area contributed by atoms with Crippen molar-refractivity contribution < 1.29 is 9.47 Å². The molecular formula is C16H23NO2. The zero-order valence-corrected chi connectivity index (χ0v) is 11.8. The van der Waals surface area contributed by atoms with Gasteiger partial charge in [-0.2, -0.15) is 0 Å². The molecule has 1 saturated carbocycles. The average molecular weight is 261 g/mol. The lowest BCUT2D eigenvalue weighted by atomic mass is 9.56. The van der Waals surface area contributed by atoms with Gasteiger partial charge in [0, 0.05) is 12.0 Å². The summed E-state index contributed by atoms with van der Waals surface area (Å²) in [5.74, 6) is 3.29. The number of nitrogens with two attached hydrogens (primary N) is 1. The molecule has 0 aromatic heterocycles. The minimum Gasteiger partial charge on any atom is -0.486 e. The Balaban J connectivity index is 1.85. The number of fused-ring (bicyclic) bond motifs is 1. The lowest BCUT2D eigenvalue weighted by Crippen LogP contribution is -2.48. The molecule has 0 saturated heterocycles. The van der Waals surface area contributed by atoms with Crippen molar-refractivity contribution in [3.05, 3.63) is 23.8 Å². The highest BCUT2D eigenvalue weighted by Gasteiger charge is 2.45. The van der Waals surface area contributed by atoms with Crippen LogP contribution in [-0.2, 0) is 5.41 Å². The van der Waals surface area contributed by atoms with Crippen LogP contribution in [0.25, 0.3) is 0 Å². The molecule has 1 aliphatic carbocycles. The molecule has 0 unspecified atom stereocenters. The van der Waals surface area contributed by atoms with Crippen LogP contribution >= 0.6 is 0 Å². The first-order valence-electron chi connectivity index (χ1n) is 7.25. The van der Waals surface area contributed by atoms with E-state index >= 15 is 0 Å². The van der Waals surface area contributed by atoms with Crippen LogP contribution in [0.4, 0.5) is 0 Å². The molecule has 1 aromatic rings. The van der Waals surface area contributed by atoms with Crippen LogP contribution in [-0.4, -0.2) is 19.8 Å². The Morgan fingerprint density at radius 3 is 2.53 bits per heavy atom. The molecule has 3 rings (SSSR count). The van der Waals surface area contributed by atoms with Crippen LogP contribution in [0, 0.1) is 11.8 Å². The van der Waals surface area contributed by atoms with Crippen LogP contribution < -0.4 is 15.2 Å². The Hall–Kier alpha value is -1.22. The first-order valence-corrected chi connectivity index (χ1v) is 7.25. The van der Waals surface area contributed by atoms with Crippen molar-refractivity contribution in [1.82, 2.24) is 0 Å². The van der Waals surface area contributed by atoms with E-state index in [1.807, 2.05) is 6.07 Å². The fraction of sp³-hybridized carbons (Fsp3) is 0.625. The van der Waals surface area contributed by atoms with Gasteiger partial charge in [-0.05, 0) is 42.4 Å². The zero-order valence-electron chi connectivity index (χ0n) is 11.8. The number of hydrogen-bond acceptors (Lipinski definition) is 3. The van der Waals surface area contributed by atoms with Crippen molar-refractivity contribution in [1.29, 1.82) is 0 Å². The largest absolute Gasteiger partial charge is 0.486 e. The molecule has 1 aliphatic heterocycles. The third-order valence-corrected chi connectivity index (χ3v) is 4.79. The normalized spacial score (nSPS) is 29.2. The van der Waals surface area contributed by atoms with Crippen LogP contribution in [0.1, 0.15) is 32.3 Å². The van der Waals surface area contributed by atoms with E-state index < -0.39 is 0 Å². The van der Waals surface area contributed by atoms with Gasteiger partial charge in [-0.15, -0.1) is 0 Å². The molecule has 0 spiro atoms. The van der Waals surface area contributed by atoms with E-state index in [9.17, 15) is 0 Å². The van der Waals surface area contributed by atoms with E-state index in [1.165, 1.54) is 18.4 Å². The highest BCUT2D eigenvalue weighted by atomic mass is 16.6. The van der Waals surface area contributed by atoms with Gasteiger partial charge in [-0.3, -0.25) is 0 Å². The second-order valence-corrected chi connectivity index (χ2v) is 6.26. The van der Waals surface area contributed by atoms with E-state index in [4.69, 9.17) is 15.2 Å². The molecule has 0 radical (unpaired) electrons. The summed E-state index contributed by atoms with van der Waals surface area (Å²) < 4.78 is 11.3. The molecule has 3 heteroatoms. The standard InChI is InChI=1S/C16H23NO2/c1-11(2)12-8-16(9-12,10-17)13-3-4-14-15(7-13)19-6-5-18-14/h3-4,7,11-12H,5-6,8-10,17H2,1-2H3. The second-order valence-electron chi connectivity index (χ2n) is 6.26. The highest BCUT2D eigenvalue weighted by molar-refractivity contribution is 5.47. The van der Waals surface area contributed by atoms with Crippen molar-refractivity contribution in [2.45, 2.75) is 32.1 Å². The Labute approximate surface area is 115 Å². The summed E-state index contributed by atoms with van der Waals surface area (Å²) in [6.45, 7) is 6.60. The van der Waals surface area contributed by atoms with Gasteiger partial charge in [0.05, 0.1) is 0 Å². The Bertz CT molecular complexity index is 464. The van der Waals surface area contributed by atoms with Gasteiger partial charge in [0.15, 0.2) is 11.5 Å². The van der Waals surface area contributed by atoms with Gasteiger partial charge in [0.2, 0.25) is 0 Å². The molecule has 104 valence electrons. The predicted octanol–water partition coefficient (Wildman–Crippen LogP) is 2.72. The molecule has 0 bridgehead atoms. The van der Waals surface area contributed by atoms with Crippen molar-refractivity contribution in [3.8, 4) is 11.5 Å². The van der Waals surface area contributed by atoms with E-state index in [0.29, 0.717) is 13.2 Å². The number of rotatable bonds is 3. The number of benzene rings is 1. The third-order valence-electron chi connectivity index (χ3n) is 4.79. The quantitative estimate of drug-likeness (QED) is 0.910. The first kappa shape index (κ1) is 12.8. The highest BCUT2D eigenvalue weighted by Crippen LogP contribution is 2.51. The fourth-order valence-corrected chi connectivity index (χ4v) is 3.31. The monoisotopic (exact) mass is 261 g/mol. The van der Waals surface area contributed by atoms with Gasteiger partial charge < -0.3 is 15.2 Å². The van der Waals surface area contributed by atoms with Crippen molar-refractivity contribution in [3.63, 3.8) is 0 Å². The fourth-order valence-electron chi connectivity index (χ4n) is 3.31. The minimum atomic E-state index is 0.158. The Morgan fingerprint density at radius 1 is 1.21 bits per heavy atom. The maximum Gasteiger partial charge on any atom is 0.161 e. The molecule has 3 nitrogen and oxygen atoms in total. The number of ether oxygens (including phenoxy) is 2. The summed E-state index contributed by atoms with van der Waals surface area (Å²) in [6, 6.07) is 6.33. The average Bonchev–Trinajstić information content (AvgIpc) is 2.37. The topological polar surface area (TPSA) is 44.5 Å². The smallest absolute Gasteiger partial charge is 0.161 e. The molecule has 1 aromatic carbocycles. The van der Waals surface area contributed by atoms with E-state index in [0.717, 1.165) is 29.9 Å². The summed E-state index contributed by atoms with van der Waals surface area (Å²) in [6.07, 6.45) is 2.39.